The van der Waals surface area contributed by atoms with Gasteiger partial charge in [-0.2, -0.15) is 0 Å². The van der Waals surface area contributed by atoms with E-state index in [1.165, 1.54) is 16.7 Å². The number of imidazole rings is 1. The zero-order chi connectivity index (χ0) is 22.1. The van der Waals surface area contributed by atoms with Gasteiger partial charge in [0.1, 0.15) is 0 Å². The minimum Gasteiger partial charge on any atom is -0.319 e. The molecule has 3 aromatic carbocycles. The van der Waals surface area contributed by atoms with Gasteiger partial charge in [0, 0.05) is 23.5 Å². The van der Waals surface area contributed by atoms with Gasteiger partial charge in [-0.3, -0.25) is 4.79 Å². The van der Waals surface area contributed by atoms with E-state index in [1.807, 2.05) is 79.2 Å². The summed E-state index contributed by atoms with van der Waals surface area (Å²) < 4.78 is 1.94. The Bertz CT molecular complexity index is 1420. The van der Waals surface area contributed by atoms with E-state index in [0.29, 0.717) is 16.9 Å². The first-order valence-electron chi connectivity index (χ1n) is 10.6. The molecular weight excluding hydrogens is 394 g/mol. The molecule has 0 saturated carbocycles. The zero-order valence-electron chi connectivity index (χ0n) is 18.0. The van der Waals surface area contributed by atoms with E-state index >= 15 is 0 Å². The maximum Gasteiger partial charge on any atom is 0.255 e. The minimum absolute atomic E-state index is 0.141. The standard InChI is InChI=1S/C28H23N3O/c1-19-10-11-24(17-20(19)2)28(32)30-25-9-6-16-31-18-26(29-27(25)31)23-14-12-22(13-15-23)21-7-4-3-5-8-21/h3-18H,1-2H3,(H,30,32). The lowest BCUT2D eigenvalue weighted by molar-refractivity contribution is 0.102. The summed E-state index contributed by atoms with van der Waals surface area (Å²) in [5, 5.41) is 3.02. The number of hydrogen-bond donors (Lipinski definition) is 1. The van der Waals surface area contributed by atoms with Gasteiger partial charge in [-0.05, 0) is 60.4 Å². The number of carbonyl (C=O) groups excluding carboxylic acids is 1. The fraction of sp³-hybridized carbons (Fsp3) is 0.0714. The van der Waals surface area contributed by atoms with Gasteiger partial charge in [0.25, 0.3) is 5.91 Å². The molecule has 5 rings (SSSR count). The van der Waals surface area contributed by atoms with Gasteiger partial charge in [0.15, 0.2) is 5.65 Å². The van der Waals surface area contributed by atoms with Gasteiger partial charge in [0.05, 0.1) is 11.4 Å². The molecule has 0 atom stereocenters. The van der Waals surface area contributed by atoms with Crippen molar-refractivity contribution in [2.24, 2.45) is 0 Å². The smallest absolute Gasteiger partial charge is 0.255 e. The van der Waals surface area contributed by atoms with Gasteiger partial charge in [0.2, 0.25) is 0 Å². The number of aromatic nitrogens is 2. The van der Waals surface area contributed by atoms with Crippen molar-refractivity contribution < 1.29 is 4.79 Å². The molecule has 156 valence electrons. The lowest BCUT2D eigenvalue weighted by Crippen LogP contribution is -2.13. The van der Waals surface area contributed by atoms with Crippen LogP contribution < -0.4 is 5.32 Å². The molecular formula is C28H23N3O. The molecule has 32 heavy (non-hydrogen) atoms. The van der Waals surface area contributed by atoms with Crippen LogP contribution in [0.4, 0.5) is 5.69 Å². The van der Waals surface area contributed by atoms with Crippen molar-refractivity contribution in [3.63, 3.8) is 0 Å². The Morgan fingerprint density at radius 3 is 2.25 bits per heavy atom. The van der Waals surface area contributed by atoms with Gasteiger partial charge >= 0.3 is 0 Å². The van der Waals surface area contributed by atoms with Gasteiger partial charge in [-0.15, -0.1) is 0 Å². The summed E-state index contributed by atoms with van der Waals surface area (Å²) in [6, 6.07) is 28.2. The Morgan fingerprint density at radius 2 is 1.50 bits per heavy atom. The highest BCUT2D eigenvalue weighted by Crippen LogP contribution is 2.26. The van der Waals surface area contributed by atoms with Crippen molar-refractivity contribution in [2.75, 3.05) is 5.32 Å². The molecule has 1 amide bonds. The van der Waals surface area contributed by atoms with Crippen LogP contribution in [0.1, 0.15) is 21.5 Å². The SMILES string of the molecule is Cc1ccc(C(=O)Nc2cccn3cc(-c4ccc(-c5ccccc5)cc4)nc23)cc1C. The number of rotatable bonds is 4. The molecule has 0 radical (unpaired) electrons. The summed E-state index contributed by atoms with van der Waals surface area (Å²) in [4.78, 5) is 17.6. The van der Waals surface area contributed by atoms with Crippen molar-refractivity contribution in [3.05, 3.63) is 114 Å². The number of carbonyl (C=O) groups is 1. The molecule has 4 nitrogen and oxygen atoms in total. The first-order chi connectivity index (χ1) is 15.6. The summed E-state index contributed by atoms with van der Waals surface area (Å²) in [7, 11) is 0. The van der Waals surface area contributed by atoms with Crippen LogP contribution in [0.5, 0.6) is 0 Å². The minimum atomic E-state index is -0.141. The van der Waals surface area contributed by atoms with Gasteiger partial charge < -0.3 is 9.72 Å². The number of nitrogens with zero attached hydrogens (tertiary/aromatic N) is 2. The first-order valence-corrected chi connectivity index (χ1v) is 10.6. The van der Waals surface area contributed by atoms with E-state index in [2.05, 4.69) is 41.7 Å². The van der Waals surface area contributed by atoms with Crippen LogP contribution in [-0.2, 0) is 0 Å². The molecule has 0 aliphatic rings. The molecule has 4 heteroatoms. The molecule has 5 aromatic rings. The number of anilines is 1. The number of amides is 1. The third kappa shape index (κ3) is 3.79. The average Bonchev–Trinajstić information content (AvgIpc) is 3.27. The monoisotopic (exact) mass is 417 g/mol. The summed E-state index contributed by atoms with van der Waals surface area (Å²) in [5.74, 6) is -0.141. The molecule has 0 unspecified atom stereocenters. The third-order valence-corrected chi connectivity index (χ3v) is 5.79. The fourth-order valence-electron chi connectivity index (χ4n) is 3.79. The molecule has 0 fully saturated rings. The number of benzene rings is 3. The molecule has 0 spiro atoms. The van der Waals surface area contributed by atoms with E-state index in [9.17, 15) is 4.79 Å². The summed E-state index contributed by atoms with van der Waals surface area (Å²) in [6.45, 7) is 4.05. The Labute approximate surface area is 187 Å². The first kappa shape index (κ1) is 19.8. The quantitative estimate of drug-likeness (QED) is 0.361. The van der Waals surface area contributed by atoms with Crippen LogP contribution in [-0.4, -0.2) is 15.3 Å². The molecule has 0 bridgehead atoms. The van der Waals surface area contributed by atoms with Crippen LogP contribution in [0.25, 0.3) is 28.0 Å². The lowest BCUT2D eigenvalue weighted by Gasteiger charge is -2.08. The summed E-state index contributed by atoms with van der Waals surface area (Å²) >= 11 is 0. The molecule has 0 saturated heterocycles. The fourth-order valence-corrected chi connectivity index (χ4v) is 3.79. The summed E-state index contributed by atoms with van der Waals surface area (Å²) in [5.41, 5.74) is 8.54. The normalized spacial score (nSPS) is 10.9. The Hall–Kier alpha value is -4.18. The van der Waals surface area contributed by atoms with Crippen LogP contribution in [0, 0.1) is 13.8 Å². The van der Waals surface area contributed by atoms with Crippen molar-refractivity contribution in [2.45, 2.75) is 13.8 Å². The highest BCUT2D eigenvalue weighted by Gasteiger charge is 2.12. The summed E-state index contributed by atoms with van der Waals surface area (Å²) in [6.07, 6.45) is 3.92. The number of hydrogen-bond acceptors (Lipinski definition) is 2. The van der Waals surface area contributed by atoms with Crippen molar-refractivity contribution in [1.82, 2.24) is 9.38 Å². The maximum absolute atomic E-state index is 12.8. The second-order valence-electron chi connectivity index (χ2n) is 7.98. The zero-order valence-corrected chi connectivity index (χ0v) is 18.0. The molecule has 1 N–H and O–H groups in total. The highest BCUT2D eigenvalue weighted by molar-refractivity contribution is 6.06. The topological polar surface area (TPSA) is 46.4 Å². The van der Waals surface area contributed by atoms with Crippen molar-refractivity contribution in [1.29, 1.82) is 0 Å². The van der Waals surface area contributed by atoms with E-state index in [1.54, 1.807) is 0 Å². The van der Waals surface area contributed by atoms with Crippen LogP contribution in [0.15, 0.2) is 97.3 Å². The number of aryl methyl sites for hydroxylation is 2. The Balaban J connectivity index is 1.44. The van der Waals surface area contributed by atoms with Gasteiger partial charge in [-0.1, -0.05) is 60.7 Å². The van der Waals surface area contributed by atoms with Crippen LogP contribution >= 0.6 is 0 Å². The number of fused-ring (bicyclic) bond motifs is 1. The van der Waals surface area contributed by atoms with Gasteiger partial charge in [-0.25, -0.2) is 4.98 Å². The lowest BCUT2D eigenvalue weighted by atomic mass is 10.0. The second-order valence-corrected chi connectivity index (χ2v) is 7.98. The average molecular weight is 418 g/mol. The predicted molar refractivity (Wildman–Crippen MR) is 130 cm³/mol. The third-order valence-electron chi connectivity index (χ3n) is 5.79. The van der Waals surface area contributed by atoms with E-state index in [4.69, 9.17) is 4.98 Å². The largest absolute Gasteiger partial charge is 0.319 e. The van der Waals surface area contributed by atoms with E-state index < -0.39 is 0 Å². The van der Waals surface area contributed by atoms with Crippen LogP contribution in [0.3, 0.4) is 0 Å². The molecule has 2 aromatic heterocycles. The molecule has 0 aliphatic heterocycles. The predicted octanol–water partition coefficient (Wildman–Crippen LogP) is 6.54. The van der Waals surface area contributed by atoms with E-state index in [0.717, 1.165) is 16.8 Å². The molecule has 2 heterocycles. The highest BCUT2D eigenvalue weighted by atomic mass is 16.1. The maximum atomic E-state index is 12.8. The Morgan fingerprint density at radius 1 is 0.781 bits per heavy atom. The number of nitrogens with one attached hydrogen (secondary N) is 1. The Kier molecular flexibility index (Phi) is 5.04. The molecule has 0 aliphatic carbocycles. The van der Waals surface area contributed by atoms with Crippen LogP contribution in [0.2, 0.25) is 0 Å². The van der Waals surface area contributed by atoms with E-state index in [-0.39, 0.29) is 5.91 Å². The van der Waals surface area contributed by atoms with Crippen molar-refractivity contribution >= 4 is 17.2 Å². The number of pyridine rings is 1. The van der Waals surface area contributed by atoms with Crippen molar-refractivity contribution in [3.8, 4) is 22.4 Å². The second kappa shape index (κ2) is 8.16.